The van der Waals surface area contributed by atoms with Gasteiger partial charge in [0.2, 0.25) is 10.0 Å². The Hall–Kier alpha value is -0.170. The fourth-order valence-electron chi connectivity index (χ4n) is 1.60. The van der Waals surface area contributed by atoms with Gasteiger partial charge >= 0.3 is 0 Å². The number of aliphatic hydroxyl groups is 1. The van der Waals surface area contributed by atoms with Gasteiger partial charge in [0.15, 0.2) is 0 Å². The van der Waals surface area contributed by atoms with Crippen LogP contribution >= 0.6 is 0 Å². The molecule has 1 rings (SSSR count). The van der Waals surface area contributed by atoms with Crippen LogP contribution in [-0.4, -0.2) is 44.6 Å². The van der Waals surface area contributed by atoms with Crippen LogP contribution in [0.5, 0.6) is 0 Å². The third-order valence-electron chi connectivity index (χ3n) is 2.33. The molecule has 0 aliphatic carbocycles. The predicted octanol–water partition coefficient (Wildman–Crippen LogP) is 0.103. The molecule has 2 N–H and O–H groups in total. The van der Waals surface area contributed by atoms with Crippen molar-refractivity contribution < 1.29 is 18.3 Å². The first kappa shape index (κ1) is 13.9. The molecular weight excluding hydrogens is 230 g/mol. The number of nitrogens with one attached hydrogen (secondary N) is 1. The molecule has 1 unspecified atom stereocenters. The lowest BCUT2D eigenvalue weighted by Crippen LogP contribution is -2.45. The fraction of sp³-hybridized carbons (Fsp3) is 1.00. The molecule has 16 heavy (non-hydrogen) atoms. The second-order valence-corrected chi connectivity index (χ2v) is 7.47. The molecule has 0 aromatic heterocycles. The van der Waals surface area contributed by atoms with Crippen LogP contribution in [0.3, 0.4) is 0 Å². The molecule has 96 valence electrons. The smallest absolute Gasteiger partial charge is 0.212 e. The lowest BCUT2D eigenvalue weighted by Gasteiger charge is -2.23. The van der Waals surface area contributed by atoms with Crippen molar-refractivity contribution in [1.82, 2.24) is 4.72 Å². The van der Waals surface area contributed by atoms with Crippen LogP contribution in [0.1, 0.15) is 27.2 Å². The highest BCUT2D eigenvalue weighted by Gasteiger charge is 2.34. The Bertz CT molecular complexity index is 325. The van der Waals surface area contributed by atoms with E-state index in [0.717, 1.165) is 0 Å². The maximum absolute atomic E-state index is 11.7. The van der Waals surface area contributed by atoms with Gasteiger partial charge in [0.05, 0.1) is 12.4 Å². The van der Waals surface area contributed by atoms with Crippen LogP contribution in [0.4, 0.5) is 0 Å². The van der Waals surface area contributed by atoms with Gasteiger partial charge < -0.3 is 9.84 Å². The summed E-state index contributed by atoms with van der Waals surface area (Å²) in [4.78, 5) is 0. The minimum absolute atomic E-state index is 0.0331. The highest BCUT2D eigenvalue weighted by Crippen LogP contribution is 2.19. The second kappa shape index (κ2) is 4.60. The third-order valence-corrected chi connectivity index (χ3v) is 4.16. The summed E-state index contributed by atoms with van der Waals surface area (Å²) in [7, 11) is -3.33. The van der Waals surface area contributed by atoms with Crippen LogP contribution in [0.2, 0.25) is 0 Å². The first-order chi connectivity index (χ1) is 7.12. The Morgan fingerprint density at radius 2 is 2.06 bits per heavy atom. The minimum Gasteiger partial charge on any atom is -0.386 e. The molecule has 0 bridgehead atoms. The minimum atomic E-state index is -3.33. The largest absolute Gasteiger partial charge is 0.386 e. The van der Waals surface area contributed by atoms with Gasteiger partial charge in [-0.2, -0.15) is 0 Å². The molecule has 6 heteroatoms. The highest BCUT2D eigenvalue weighted by molar-refractivity contribution is 7.89. The Kier molecular flexibility index (Phi) is 3.99. The van der Waals surface area contributed by atoms with E-state index in [1.165, 1.54) is 0 Å². The van der Waals surface area contributed by atoms with Crippen LogP contribution in [-0.2, 0) is 14.8 Å². The summed E-state index contributed by atoms with van der Waals surface area (Å²) in [6, 6.07) is 0. The average Bonchev–Trinajstić information content (AvgIpc) is 2.46. The topological polar surface area (TPSA) is 75.6 Å². The van der Waals surface area contributed by atoms with Gasteiger partial charge in [-0.1, -0.05) is 20.8 Å². The van der Waals surface area contributed by atoms with E-state index >= 15 is 0 Å². The molecule has 0 amide bonds. The summed E-state index contributed by atoms with van der Waals surface area (Å²) in [5.41, 5.74) is -1.33. The molecule has 0 radical (unpaired) electrons. The van der Waals surface area contributed by atoms with Gasteiger partial charge in [0.25, 0.3) is 0 Å². The molecule has 0 aromatic carbocycles. The van der Waals surface area contributed by atoms with Crippen molar-refractivity contribution in [1.29, 1.82) is 0 Å². The van der Waals surface area contributed by atoms with Crippen molar-refractivity contribution in [3.63, 3.8) is 0 Å². The Morgan fingerprint density at radius 1 is 1.44 bits per heavy atom. The number of ether oxygens (including phenoxy) is 1. The number of sulfonamides is 1. The van der Waals surface area contributed by atoms with E-state index in [0.29, 0.717) is 13.0 Å². The molecule has 1 aliphatic rings. The zero-order valence-corrected chi connectivity index (χ0v) is 10.9. The van der Waals surface area contributed by atoms with Gasteiger partial charge in [-0.05, 0) is 5.41 Å². The first-order valence-corrected chi connectivity index (χ1v) is 7.05. The number of rotatable bonds is 4. The second-order valence-electron chi connectivity index (χ2n) is 5.67. The van der Waals surface area contributed by atoms with Crippen molar-refractivity contribution in [2.75, 3.05) is 25.5 Å². The van der Waals surface area contributed by atoms with Crippen LogP contribution in [0, 0.1) is 5.41 Å². The standard InChI is InChI=1S/C10H21NO4S/c1-9(2,3)8-16(13,14)11-6-10(12)4-5-15-7-10/h11-12H,4-8H2,1-3H3. The number of hydrogen-bond acceptors (Lipinski definition) is 4. The van der Waals surface area contributed by atoms with Crippen molar-refractivity contribution in [2.45, 2.75) is 32.8 Å². The molecule has 1 aliphatic heterocycles. The van der Waals surface area contributed by atoms with E-state index in [1.54, 1.807) is 0 Å². The summed E-state index contributed by atoms with van der Waals surface area (Å²) >= 11 is 0. The van der Waals surface area contributed by atoms with E-state index in [2.05, 4.69) is 4.72 Å². The van der Waals surface area contributed by atoms with E-state index in [1.807, 2.05) is 20.8 Å². The van der Waals surface area contributed by atoms with Crippen molar-refractivity contribution in [3.8, 4) is 0 Å². The summed E-state index contributed by atoms with van der Waals surface area (Å²) in [6.07, 6.45) is 0.477. The van der Waals surface area contributed by atoms with Gasteiger partial charge in [0, 0.05) is 19.6 Å². The molecule has 1 heterocycles. The third kappa shape index (κ3) is 4.78. The highest BCUT2D eigenvalue weighted by atomic mass is 32.2. The molecule has 1 fully saturated rings. The average molecular weight is 251 g/mol. The van der Waals surface area contributed by atoms with Gasteiger partial charge in [0.1, 0.15) is 5.60 Å². The molecular formula is C10H21NO4S. The quantitative estimate of drug-likeness (QED) is 0.743. The summed E-state index contributed by atoms with van der Waals surface area (Å²) in [6.45, 7) is 6.30. The zero-order valence-electron chi connectivity index (χ0n) is 10.1. The van der Waals surface area contributed by atoms with E-state index < -0.39 is 15.6 Å². The molecule has 0 saturated carbocycles. The van der Waals surface area contributed by atoms with Crippen LogP contribution in [0.25, 0.3) is 0 Å². The van der Waals surface area contributed by atoms with Crippen molar-refractivity contribution in [3.05, 3.63) is 0 Å². The predicted molar refractivity (Wildman–Crippen MR) is 61.6 cm³/mol. The fourth-order valence-corrected chi connectivity index (χ4v) is 3.33. The molecule has 1 atom stereocenters. The SMILES string of the molecule is CC(C)(C)CS(=O)(=O)NCC1(O)CCOC1. The Morgan fingerprint density at radius 3 is 2.50 bits per heavy atom. The summed E-state index contributed by atoms with van der Waals surface area (Å²) in [5.74, 6) is 0.0525. The van der Waals surface area contributed by atoms with E-state index in [-0.39, 0.29) is 24.3 Å². The van der Waals surface area contributed by atoms with Crippen LogP contribution in [0.15, 0.2) is 0 Å². The Labute approximate surface area is 97.2 Å². The maximum Gasteiger partial charge on any atom is 0.212 e. The van der Waals surface area contributed by atoms with Crippen LogP contribution < -0.4 is 4.72 Å². The van der Waals surface area contributed by atoms with Gasteiger partial charge in [-0.25, -0.2) is 13.1 Å². The lowest BCUT2D eigenvalue weighted by molar-refractivity contribution is 0.0314. The summed E-state index contributed by atoms with van der Waals surface area (Å²) in [5, 5.41) is 9.90. The van der Waals surface area contributed by atoms with Gasteiger partial charge in [-0.3, -0.25) is 0 Å². The zero-order chi connectivity index (χ0) is 12.4. The number of hydrogen-bond donors (Lipinski definition) is 2. The molecule has 1 saturated heterocycles. The molecule has 5 nitrogen and oxygen atoms in total. The monoisotopic (exact) mass is 251 g/mol. The molecule has 0 spiro atoms. The van der Waals surface area contributed by atoms with Crippen molar-refractivity contribution >= 4 is 10.0 Å². The lowest BCUT2D eigenvalue weighted by atomic mass is 10.0. The van der Waals surface area contributed by atoms with E-state index in [4.69, 9.17) is 4.74 Å². The Balaban J connectivity index is 2.48. The maximum atomic E-state index is 11.7. The van der Waals surface area contributed by atoms with Crippen molar-refractivity contribution in [2.24, 2.45) is 5.41 Å². The summed E-state index contributed by atoms with van der Waals surface area (Å²) < 4.78 is 30.8. The first-order valence-electron chi connectivity index (χ1n) is 5.39. The molecule has 0 aromatic rings. The normalized spacial score (nSPS) is 27.2. The van der Waals surface area contributed by atoms with Gasteiger partial charge in [-0.15, -0.1) is 0 Å². The van der Waals surface area contributed by atoms with E-state index in [9.17, 15) is 13.5 Å².